The number of carboxylic acid groups (broad SMARTS) is 1. The van der Waals surface area contributed by atoms with Gasteiger partial charge in [-0.1, -0.05) is 34.1 Å². The molecule has 0 fully saturated rings. The summed E-state index contributed by atoms with van der Waals surface area (Å²) in [5, 5.41) is 18.8. The number of aliphatic hydroxyl groups excluding tert-OH is 1. The van der Waals surface area contributed by atoms with Crippen molar-refractivity contribution in [1.82, 2.24) is 0 Å². The summed E-state index contributed by atoms with van der Waals surface area (Å²) in [5.41, 5.74) is 2.21. The van der Waals surface area contributed by atoms with E-state index in [4.69, 9.17) is 5.11 Å². The van der Waals surface area contributed by atoms with E-state index in [-0.39, 0.29) is 0 Å². The van der Waals surface area contributed by atoms with E-state index < -0.39 is 12.1 Å². The number of aliphatic carboxylic acids is 1. The van der Waals surface area contributed by atoms with Gasteiger partial charge in [0.1, 0.15) is 6.29 Å². The molecule has 92 valence electrons. The lowest BCUT2D eigenvalue weighted by atomic mass is 9.99. The van der Waals surface area contributed by atoms with Crippen molar-refractivity contribution in [3.05, 3.63) is 34.9 Å². The molecule has 1 unspecified atom stereocenters. The van der Waals surface area contributed by atoms with Gasteiger partial charge in [0, 0.05) is 11.8 Å². The Morgan fingerprint density at radius 2 is 2.12 bits per heavy atom. The molecular weight excluding hydrogens is 288 g/mol. The number of carbonyl (C=O) groups excluding carboxylic acids is 1. The van der Waals surface area contributed by atoms with Crippen molar-refractivity contribution in [2.75, 3.05) is 0 Å². The topological polar surface area (TPSA) is 74.6 Å². The second-order valence-electron chi connectivity index (χ2n) is 3.61. The van der Waals surface area contributed by atoms with E-state index in [2.05, 4.69) is 15.9 Å². The quantitative estimate of drug-likeness (QED) is 0.621. The maximum absolute atomic E-state index is 10.7. The van der Waals surface area contributed by atoms with Gasteiger partial charge in [-0.05, 0) is 23.1 Å². The molecule has 5 heteroatoms. The van der Waals surface area contributed by atoms with E-state index in [0.29, 0.717) is 23.7 Å². The van der Waals surface area contributed by atoms with Crippen LogP contribution in [-0.2, 0) is 21.3 Å². The van der Waals surface area contributed by atoms with E-state index in [1.165, 1.54) is 0 Å². The van der Waals surface area contributed by atoms with E-state index >= 15 is 0 Å². The average Bonchev–Trinajstić information content (AvgIpc) is 2.34. The largest absolute Gasteiger partial charge is 0.479 e. The minimum Gasteiger partial charge on any atom is -0.479 e. The highest BCUT2D eigenvalue weighted by Gasteiger charge is 2.16. The van der Waals surface area contributed by atoms with E-state index in [1.54, 1.807) is 18.2 Å². The van der Waals surface area contributed by atoms with Gasteiger partial charge in [0.15, 0.2) is 6.10 Å². The third kappa shape index (κ3) is 3.64. The molecule has 1 aromatic rings. The summed E-state index contributed by atoms with van der Waals surface area (Å²) in [7, 11) is 0. The number of carbonyl (C=O) groups is 2. The lowest BCUT2D eigenvalue weighted by Gasteiger charge is -2.11. The first-order valence-electron chi connectivity index (χ1n) is 5.12. The van der Waals surface area contributed by atoms with Crippen LogP contribution in [0.4, 0.5) is 0 Å². The number of hydrogen-bond donors (Lipinski definition) is 2. The van der Waals surface area contributed by atoms with E-state index in [1.807, 2.05) is 0 Å². The van der Waals surface area contributed by atoms with Crippen LogP contribution in [0.2, 0.25) is 0 Å². The Bertz CT molecular complexity index is 417. The molecule has 0 aliphatic carbocycles. The zero-order valence-electron chi connectivity index (χ0n) is 9.10. The van der Waals surface area contributed by atoms with Crippen LogP contribution in [0.25, 0.3) is 0 Å². The molecule has 1 atom stereocenters. The van der Waals surface area contributed by atoms with Gasteiger partial charge in [0.25, 0.3) is 0 Å². The van der Waals surface area contributed by atoms with Gasteiger partial charge < -0.3 is 15.0 Å². The Kier molecular flexibility index (Phi) is 5.31. The highest BCUT2D eigenvalue weighted by molar-refractivity contribution is 9.08. The van der Waals surface area contributed by atoms with Gasteiger partial charge in [-0.25, -0.2) is 4.79 Å². The molecule has 0 aliphatic rings. The average molecular weight is 301 g/mol. The number of carboxylic acids is 1. The van der Waals surface area contributed by atoms with Gasteiger partial charge in [-0.15, -0.1) is 0 Å². The van der Waals surface area contributed by atoms with Crippen LogP contribution in [0.15, 0.2) is 18.2 Å². The first-order chi connectivity index (χ1) is 8.10. The number of rotatable bonds is 6. The van der Waals surface area contributed by atoms with Crippen LogP contribution in [0.3, 0.4) is 0 Å². The normalized spacial score (nSPS) is 12.1. The lowest BCUT2D eigenvalue weighted by molar-refractivity contribution is -0.146. The van der Waals surface area contributed by atoms with E-state index in [9.17, 15) is 14.7 Å². The molecule has 0 saturated heterocycles. The van der Waals surface area contributed by atoms with Gasteiger partial charge in [-0.3, -0.25) is 0 Å². The molecule has 0 heterocycles. The summed E-state index contributed by atoms with van der Waals surface area (Å²) >= 11 is 3.32. The zero-order chi connectivity index (χ0) is 12.8. The van der Waals surface area contributed by atoms with Gasteiger partial charge in [0.05, 0.1) is 0 Å². The minimum atomic E-state index is -1.52. The molecule has 17 heavy (non-hydrogen) atoms. The maximum atomic E-state index is 10.7. The second-order valence-corrected chi connectivity index (χ2v) is 4.17. The fourth-order valence-electron chi connectivity index (χ4n) is 1.54. The van der Waals surface area contributed by atoms with Crippen molar-refractivity contribution in [3.8, 4) is 0 Å². The standard InChI is InChI=1S/C12H13BrO4/c13-7-10-4-3-9(11(15)12(16)17)6-8(10)2-1-5-14/h3-6,11,15H,1-2,7H2,(H,16,17). The fourth-order valence-corrected chi connectivity index (χ4v) is 2.08. The number of aldehydes is 1. The monoisotopic (exact) mass is 300 g/mol. The number of benzene rings is 1. The van der Waals surface area contributed by atoms with Crippen LogP contribution in [0, 0.1) is 0 Å². The van der Waals surface area contributed by atoms with Crippen LogP contribution in [0.5, 0.6) is 0 Å². The number of halogens is 1. The first-order valence-corrected chi connectivity index (χ1v) is 6.24. The van der Waals surface area contributed by atoms with Crippen LogP contribution in [0.1, 0.15) is 29.2 Å². The lowest BCUT2D eigenvalue weighted by Crippen LogP contribution is -2.11. The number of aryl methyl sites for hydroxylation is 1. The Labute approximate surface area is 107 Å². The molecule has 0 radical (unpaired) electrons. The van der Waals surface area contributed by atoms with Crippen LogP contribution < -0.4 is 0 Å². The number of hydrogen-bond acceptors (Lipinski definition) is 3. The van der Waals surface area contributed by atoms with Crippen molar-refractivity contribution in [3.63, 3.8) is 0 Å². The molecule has 0 spiro atoms. The molecule has 0 aromatic heterocycles. The predicted molar refractivity (Wildman–Crippen MR) is 66.1 cm³/mol. The molecule has 1 aromatic carbocycles. The van der Waals surface area contributed by atoms with Crippen LogP contribution in [-0.4, -0.2) is 22.5 Å². The van der Waals surface area contributed by atoms with Gasteiger partial charge >= 0.3 is 5.97 Å². The Balaban J connectivity index is 3.03. The van der Waals surface area contributed by atoms with Crippen LogP contribution >= 0.6 is 15.9 Å². The van der Waals surface area contributed by atoms with Gasteiger partial charge in [-0.2, -0.15) is 0 Å². The van der Waals surface area contributed by atoms with Gasteiger partial charge in [0.2, 0.25) is 0 Å². The molecule has 0 aliphatic heterocycles. The molecule has 0 amide bonds. The third-order valence-electron chi connectivity index (χ3n) is 2.46. The van der Waals surface area contributed by atoms with Crippen molar-refractivity contribution < 1.29 is 19.8 Å². The Morgan fingerprint density at radius 3 is 2.65 bits per heavy atom. The Morgan fingerprint density at radius 1 is 1.41 bits per heavy atom. The molecule has 1 rings (SSSR count). The van der Waals surface area contributed by atoms with Crippen molar-refractivity contribution in [2.45, 2.75) is 24.3 Å². The van der Waals surface area contributed by atoms with Crippen molar-refractivity contribution in [2.24, 2.45) is 0 Å². The molecule has 2 N–H and O–H groups in total. The molecule has 0 saturated carbocycles. The summed E-state index contributed by atoms with van der Waals surface area (Å²) in [5.74, 6) is -1.28. The number of alkyl halides is 1. The summed E-state index contributed by atoms with van der Waals surface area (Å²) < 4.78 is 0. The number of aliphatic hydroxyl groups is 1. The second kappa shape index (κ2) is 6.51. The zero-order valence-corrected chi connectivity index (χ0v) is 10.7. The summed E-state index contributed by atoms with van der Waals surface area (Å²) in [6, 6.07) is 4.98. The third-order valence-corrected chi connectivity index (χ3v) is 3.06. The van der Waals surface area contributed by atoms with Crippen molar-refractivity contribution >= 4 is 28.2 Å². The first kappa shape index (κ1) is 13.9. The minimum absolute atomic E-state index is 0.336. The van der Waals surface area contributed by atoms with Crippen molar-refractivity contribution in [1.29, 1.82) is 0 Å². The Hall–Kier alpha value is -1.20. The summed E-state index contributed by atoms with van der Waals surface area (Å²) in [4.78, 5) is 21.0. The summed E-state index contributed by atoms with van der Waals surface area (Å²) in [6.07, 6.45) is 0.226. The molecule has 4 nitrogen and oxygen atoms in total. The van der Waals surface area contributed by atoms with E-state index in [0.717, 1.165) is 17.4 Å². The predicted octanol–water partition coefficient (Wildman–Crippen LogP) is 1.83. The summed E-state index contributed by atoms with van der Waals surface area (Å²) in [6.45, 7) is 0. The highest BCUT2D eigenvalue weighted by Crippen LogP contribution is 2.21. The molecule has 0 bridgehead atoms. The smallest absolute Gasteiger partial charge is 0.337 e. The maximum Gasteiger partial charge on any atom is 0.337 e. The fraction of sp³-hybridized carbons (Fsp3) is 0.333. The highest BCUT2D eigenvalue weighted by atomic mass is 79.9. The molecular formula is C12H13BrO4. The SMILES string of the molecule is O=CCCc1cc(C(O)C(=O)O)ccc1CBr.